The Balaban J connectivity index is 1.97. The van der Waals surface area contributed by atoms with Gasteiger partial charge in [0.15, 0.2) is 4.77 Å². The number of aryl methyl sites for hydroxylation is 2. The summed E-state index contributed by atoms with van der Waals surface area (Å²) in [4.78, 5) is 29.6. The van der Waals surface area contributed by atoms with Crippen molar-refractivity contribution in [2.45, 2.75) is 13.8 Å². The van der Waals surface area contributed by atoms with Gasteiger partial charge in [-0.3, -0.25) is 14.6 Å². The number of hydrogen-bond acceptors (Lipinski definition) is 3. The number of rotatable bonds is 2. The van der Waals surface area contributed by atoms with Gasteiger partial charge in [-0.05, 0) is 67.5 Å². The molecule has 0 spiro atoms. The molecule has 2 aromatic carbocycles. The van der Waals surface area contributed by atoms with E-state index in [4.69, 9.17) is 12.2 Å². The van der Waals surface area contributed by atoms with Crippen LogP contribution >= 0.6 is 12.2 Å². The van der Waals surface area contributed by atoms with Crippen molar-refractivity contribution in [3.8, 4) is 0 Å². The van der Waals surface area contributed by atoms with E-state index >= 15 is 0 Å². The van der Waals surface area contributed by atoms with Crippen molar-refractivity contribution in [3.63, 3.8) is 0 Å². The smallest absolute Gasteiger partial charge is 0.259 e. The average Bonchev–Trinajstić information content (AvgIpc) is 2.45. The predicted octanol–water partition coefficient (Wildman–Crippen LogP) is 3.45. The first kappa shape index (κ1) is 15.2. The Morgan fingerprint density at radius 3 is 2.43 bits per heavy atom. The van der Waals surface area contributed by atoms with Crippen LogP contribution in [0.25, 0.3) is 10.9 Å². The Kier molecular flexibility index (Phi) is 3.83. The molecule has 1 amide bonds. The largest absolute Gasteiger partial charge is 0.332 e. The predicted molar refractivity (Wildman–Crippen MR) is 93.6 cm³/mol. The first-order valence-electron chi connectivity index (χ1n) is 7.08. The first-order chi connectivity index (χ1) is 10.9. The van der Waals surface area contributed by atoms with Gasteiger partial charge in [-0.1, -0.05) is 6.07 Å². The molecular formula is C17H15N3O2S. The van der Waals surface area contributed by atoms with E-state index in [1.807, 2.05) is 32.0 Å². The molecule has 0 unspecified atom stereocenters. The topological polar surface area (TPSA) is 77.8 Å². The van der Waals surface area contributed by atoms with Crippen LogP contribution < -0.4 is 10.9 Å². The number of aromatic amines is 2. The molecule has 1 heterocycles. The highest BCUT2D eigenvalue weighted by Crippen LogP contribution is 2.16. The third-order valence-corrected chi connectivity index (χ3v) is 3.69. The highest BCUT2D eigenvalue weighted by Gasteiger charge is 2.09. The number of benzene rings is 2. The molecule has 23 heavy (non-hydrogen) atoms. The zero-order chi connectivity index (χ0) is 16.6. The maximum absolute atomic E-state index is 12.4. The number of carbonyl (C=O) groups is 1. The average molecular weight is 325 g/mol. The molecule has 3 N–H and O–H groups in total. The number of anilines is 1. The quantitative estimate of drug-likeness (QED) is 0.632. The van der Waals surface area contributed by atoms with Crippen LogP contribution in [0.5, 0.6) is 0 Å². The minimum Gasteiger partial charge on any atom is -0.332 e. The van der Waals surface area contributed by atoms with Crippen LogP contribution in [0.4, 0.5) is 5.69 Å². The van der Waals surface area contributed by atoms with Crippen LogP contribution in [0.1, 0.15) is 21.5 Å². The Labute approximate surface area is 137 Å². The Bertz CT molecular complexity index is 1010. The fourth-order valence-corrected chi connectivity index (χ4v) is 2.76. The van der Waals surface area contributed by atoms with Gasteiger partial charge in [0.1, 0.15) is 0 Å². The number of fused-ring (bicyclic) bond motifs is 1. The van der Waals surface area contributed by atoms with Gasteiger partial charge in [-0.2, -0.15) is 0 Å². The van der Waals surface area contributed by atoms with E-state index in [9.17, 15) is 9.59 Å². The van der Waals surface area contributed by atoms with Gasteiger partial charge >= 0.3 is 0 Å². The molecule has 116 valence electrons. The summed E-state index contributed by atoms with van der Waals surface area (Å²) in [5.41, 5.74) is 3.61. The van der Waals surface area contributed by atoms with Gasteiger partial charge in [0.2, 0.25) is 0 Å². The molecule has 5 nitrogen and oxygen atoms in total. The Morgan fingerprint density at radius 2 is 1.74 bits per heavy atom. The van der Waals surface area contributed by atoms with Crippen molar-refractivity contribution in [1.82, 2.24) is 9.97 Å². The third-order valence-electron chi connectivity index (χ3n) is 3.48. The van der Waals surface area contributed by atoms with Crippen molar-refractivity contribution >= 4 is 34.7 Å². The lowest BCUT2D eigenvalue weighted by atomic mass is 10.1. The maximum Gasteiger partial charge on any atom is 0.259 e. The number of nitrogens with one attached hydrogen (secondary N) is 3. The van der Waals surface area contributed by atoms with Crippen molar-refractivity contribution in [2.24, 2.45) is 0 Å². The van der Waals surface area contributed by atoms with Crippen molar-refractivity contribution in [2.75, 3.05) is 5.32 Å². The molecule has 0 saturated carbocycles. The second-order valence-corrected chi connectivity index (χ2v) is 5.91. The number of amides is 1. The standard InChI is InChI=1S/C17H15N3O2S/c1-9-5-10(2)7-12(6-9)18-15(21)11-3-4-13-14(8-11)19-17(23)20-16(13)22/h3-8H,1-2H3,(H,18,21)(H2,19,20,22,23). The van der Waals surface area contributed by atoms with Gasteiger partial charge in [0.05, 0.1) is 10.9 Å². The summed E-state index contributed by atoms with van der Waals surface area (Å²) in [5.74, 6) is -0.239. The van der Waals surface area contributed by atoms with Gasteiger partial charge in [0.25, 0.3) is 11.5 Å². The van der Waals surface area contributed by atoms with E-state index < -0.39 is 0 Å². The van der Waals surface area contributed by atoms with E-state index in [-0.39, 0.29) is 16.2 Å². The molecule has 6 heteroatoms. The fraction of sp³-hybridized carbons (Fsp3) is 0.118. The number of carbonyl (C=O) groups excluding carboxylic acids is 1. The van der Waals surface area contributed by atoms with Crippen molar-refractivity contribution in [3.05, 3.63) is 68.2 Å². The lowest BCUT2D eigenvalue weighted by molar-refractivity contribution is 0.102. The van der Waals surface area contributed by atoms with E-state index in [1.165, 1.54) is 0 Å². The maximum atomic E-state index is 12.4. The van der Waals surface area contributed by atoms with Crippen LogP contribution in [-0.2, 0) is 0 Å². The minimum atomic E-state index is -0.273. The summed E-state index contributed by atoms with van der Waals surface area (Å²) < 4.78 is 0.231. The molecule has 3 aromatic rings. The second-order valence-electron chi connectivity index (χ2n) is 5.50. The summed E-state index contributed by atoms with van der Waals surface area (Å²) in [6, 6.07) is 10.7. The first-order valence-corrected chi connectivity index (χ1v) is 7.49. The molecule has 0 saturated heterocycles. The SMILES string of the molecule is Cc1cc(C)cc(NC(=O)c2ccc3c(=O)[nH]c(=S)[nH]c3c2)c1. The van der Waals surface area contributed by atoms with Gasteiger partial charge in [-0.15, -0.1) is 0 Å². The van der Waals surface area contributed by atoms with Crippen LogP contribution in [0.2, 0.25) is 0 Å². The summed E-state index contributed by atoms with van der Waals surface area (Å²) in [7, 11) is 0. The number of H-pyrrole nitrogens is 2. The Hall–Kier alpha value is -2.73. The summed E-state index contributed by atoms with van der Waals surface area (Å²) >= 11 is 4.96. The van der Waals surface area contributed by atoms with Gasteiger partial charge in [0, 0.05) is 11.3 Å². The molecule has 1 aromatic heterocycles. The molecule has 3 rings (SSSR count). The lowest BCUT2D eigenvalue weighted by Crippen LogP contribution is -2.13. The molecule has 0 fully saturated rings. The number of hydrogen-bond donors (Lipinski definition) is 3. The molecule has 0 aliphatic heterocycles. The zero-order valence-electron chi connectivity index (χ0n) is 12.7. The minimum absolute atomic E-state index is 0.231. The lowest BCUT2D eigenvalue weighted by Gasteiger charge is -2.08. The fourth-order valence-electron chi connectivity index (χ4n) is 2.56. The van der Waals surface area contributed by atoms with E-state index in [0.717, 1.165) is 16.8 Å². The Morgan fingerprint density at radius 1 is 1.04 bits per heavy atom. The molecule has 0 radical (unpaired) electrons. The zero-order valence-corrected chi connectivity index (χ0v) is 13.5. The van der Waals surface area contributed by atoms with Crippen molar-refractivity contribution in [1.29, 1.82) is 0 Å². The van der Waals surface area contributed by atoms with Crippen LogP contribution in [0.3, 0.4) is 0 Å². The molecular weight excluding hydrogens is 310 g/mol. The third kappa shape index (κ3) is 3.22. The van der Waals surface area contributed by atoms with Crippen LogP contribution in [-0.4, -0.2) is 15.9 Å². The highest BCUT2D eigenvalue weighted by atomic mass is 32.1. The van der Waals surface area contributed by atoms with Crippen molar-refractivity contribution < 1.29 is 4.79 Å². The normalized spacial score (nSPS) is 10.7. The van der Waals surface area contributed by atoms with Crippen LogP contribution in [0, 0.1) is 18.6 Å². The molecule has 0 aliphatic carbocycles. The summed E-state index contributed by atoms with van der Waals surface area (Å²) in [6.45, 7) is 3.95. The monoisotopic (exact) mass is 325 g/mol. The second kappa shape index (κ2) is 5.81. The summed E-state index contributed by atoms with van der Waals surface area (Å²) in [6.07, 6.45) is 0. The molecule has 0 atom stereocenters. The van der Waals surface area contributed by atoms with Crippen LogP contribution in [0.15, 0.2) is 41.2 Å². The highest BCUT2D eigenvalue weighted by molar-refractivity contribution is 7.71. The van der Waals surface area contributed by atoms with E-state index in [0.29, 0.717) is 16.5 Å². The van der Waals surface area contributed by atoms with Gasteiger partial charge in [-0.25, -0.2) is 0 Å². The number of aromatic nitrogens is 2. The van der Waals surface area contributed by atoms with E-state index in [2.05, 4.69) is 15.3 Å². The van der Waals surface area contributed by atoms with Gasteiger partial charge < -0.3 is 10.3 Å². The molecule has 0 bridgehead atoms. The molecule has 0 aliphatic rings. The van der Waals surface area contributed by atoms with E-state index in [1.54, 1.807) is 18.2 Å². The summed E-state index contributed by atoms with van der Waals surface area (Å²) in [5, 5.41) is 3.33.